The molecule has 0 fully saturated rings. The third kappa shape index (κ3) is 6.09. The van der Waals surface area contributed by atoms with Crippen LogP contribution in [0.2, 0.25) is 0 Å². The molecular weight excluding hydrogens is 376 g/mol. The van der Waals surface area contributed by atoms with Gasteiger partial charge in [0.15, 0.2) is 6.61 Å². The van der Waals surface area contributed by atoms with Crippen molar-refractivity contribution in [1.82, 2.24) is 5.43 Å². The highest BCUT2D eigenvalue weighted by molar-refractivity contribution is 5.84. The molecule has 0 radical (unpaired) electrons. The summed E-state index contributed by atoms with van der Waals surface area (Å²) in [7, 11) is 0. The lowest BCUT2D eigenvalue weighted by molar-refractivity contribution is -0.123. The van der Waals surface area contributed by atoms with Gasteiger partial charge in [-0.05, 0) is 65.6 Å². The molecule has 0 aliphatic carbocycles. The Morgan fingerprint density at radius 1 is 1.00 bits per heavy atom. The molecule has 2 N–H and O–H groups in total. The standard InChI is InChI=1S/C25H34N2O3/c1-16-9-10-19(11-17(16)2)30-15-22(28)27-26-14-18-12-20(24(3,4)5)23(29)21(13-18)25(6,7)8/h9-14,29H,15H2,1-8H3,(H,27,28). The van der Waals surface area contributed by atoms with Gasteiger partial charge in [0.05, 0.1) is 6.21 Å². The van der Waals surface area contributed by atoms with Crippen LogP contribution in [-0.4, -0.2) is 23.8 Å². The molecule has 5 nitrogen and oxygen atoms in total. The van der Waals surface area contributed by atoms with E-state index >= 15 is 0 Å². The summed E-state index contributed by atoms with van der Waals surface area (Å²) in [6.07, 6.45) is 1.60. The van der Waals surface area contributed by atoms with Crippen LogP contribution >= 0.6 is 0 Å². The SMILES string of the molecule is Cc1ccc(OCC(=O)NN=Cc2cc(C(C)(C)C)c(O)c(C(C)(C)C)c2)cc1C. The average Bonchev–Trinajstić information content (AvgIpc) is 2.62. The summed E-state index contributed by atoms with van der Waals surface area (Å²) in [5.41, 5.74) is 6.85. The summed E-state index contributed by atoms with van der Waals surface area (Å²) in [6, 6.07) is 9.53. The number of amides is 1. The van der Waals surface area contributed by atoms with Crippen LogP contribution in [0, 0.1) is 13.8 Å². The number of phenols is 1. The molecule has 0 bridgehead atoms. The molecule has 0 unspecified atom stereocenters. The number of benzene rings is 2. The molecule has 30 heavy (non-hydrogen) atoms. The monoisotopic (exact) mass is 410 g/mol. The number of hydrogen-bond donors (Lipinski definition) is 2. The van der Waals surface area contributed by atoms with Crippen molar-refractivity contribution in [3.63, 3.8) is 0 Å². The minimum Gasteiger partial charge on any atom is -0.507 e. The Morgan fingerprint density at radius 3 is 2.07 bits per heavy atom. The summed E-state index contributed by atoms with van der Waals surface area (Å²) < 4.78 is 5.53. The van der Waals surface area contributed by atoms with Gasteiger partial charge in [0.2, 0.25) is 0 Å². The summed E-state index contributed by atoms with van der Waals surface area (Å²) in [6.45, 7) is 16.3. The van der Waals surface area contributed by atoms with Gasteiger partial charge in [-0.3, -0.25) is 4.79 Å². The number of ether oxygens (including phenoxy) is 1. The zero-order chi connectivity index (χ0) is 22.7. The zero-order valence-electron chi connectivity index (χ0n) is 19.4. The molecule has 0 saturated heterocycles. The van der Waals surface area contributed by atoms with Gasteiger partial charge in [-0.15, -0.1) is 0 Å². The van der Waals surface area contributed by atoms with Gasteiger partial charge in [-0.25, -0.2) is 5.43 Å². The second-order valence-corrected chi connectivity index (χ2v) is 9.79. The topological polar surface area (TPSA) is 70.9 Å². The summed E-state index contributed by atoms with van der Waals surface area (Å²) in [4.78, 5) is 12.1. The van der Waals surface area contributed by atoms with Gasteiger partial charge in [-0.2, -0.15) is 5.10 Å². The molecule has 1 amide bonds. The first-order valence-corrected chi connectivity index (χ1v) is 10.2. The number of nitrogens with one attached hydrogen (secondary N) is 1. The number of phenolic OH excluding ortho intramolecular Hbond substituents is 1. The van der Waals surface area contributed by atoms with Crippen LogP contribution in [0.5, 0.6) is 11.5 Å². The molecule has 0 aliphatic rings. The number of carbonyl (C=O) groups is 1. The highest BCUT2D eigenvalue weighted by Gasteiger charge is 2.26. The maximum Gasteiger partial charge on any atom is 0.277 e. The van der Waals surface area contributed by atoms with Gasteiger partial charge in [0.1, 0.15) is 11.5 Å². The van der Waals surface area contributed by atoms with Gasteiger partial charge >= 0.3 is 0 Å². The Balaban J connectivity index is 2.11. The summed E-state index contributed by atoms with van der Waals surface area (Å²) in [5.74, 6) is 0.633. The molecule has 2 aromatic rings. The first kappa shape index (κ1) is 23.5. The van der Waals surface area contributed by atoms with Crippen molar-refractivity contribution >= 4 is 12.1 Å². The third-order valence-corrected chi connectivity index (χ3v) is 5.00. The van der Waals surface area contributed by atoms with Crippen LogP contribution in [0.15, 0.2) is 35.4 Å². The first-order chi connectivity index (χ1) is 13.8. The molecule has 0 spiro atoms. The van der Waals surface area contributed by atoms with Gasteiger partial charge in [0, 0.05) is 11.1 Å². The molecule has 0 heterocycles. The van der Waals surface area contributed by atoms with Crippen LogP contribution in [0.25, 0.3) is 0 Å². The fraction of sp³-hybridized carbons (Fsp3) is 0.440. The van der Waals surface area contributed by atoms with Crippen LogP contribution in [-0.2, 0) is 15.6 Å². The Bertz CT molecular complexity index is 913. The van der Waals surface area contributed by atoms with Crippen LogP contribution in [0.3, 0.4) is 0 Å². The van der Waals surface area contributed by atoms with E-state index in [9.17, 15) is 9.90 Å². The molecule has 162 valence electrons. The third-order valence-electron chi connectivity index (χ3n) is 5.00. The Morgan fingerprint density at radius 2 is 1.57 bits per heavy atom. The first-order valence-electron chi connectivity index (χ1n) is 10.2. The molecule has 0 saturated carbocycles. The summed E-state index contributed by atoms with van der Waals surface area (Å²) in [5, 5.41) is 14.9. The highest BCUT2D eigenvalue weighted by atomic mass is 16.5. The Kier molecular flexibility index (Phi) is 6.96. The van der Waals surface area contributed by atoms with Crippen molar-refractivity contribution in [3.05, 3.63) is 58.1 Å². The Labute approximate surface area is 180 Å². The lowest BCUT2D eigenvalue weighted by Crippen LogP contribution is -2.24. The second kappa shape index (κ2) is 8.90. The van der Waals surface area contributed by atoms with Crippen molar-refractivity contribution in [3.8, 4) is 11.5 Å². The minimum absolute atomic E-state index is 0.115. The molecule has 2 rings (SSSR count). The van der Waals surface area contributed by atoms with E-state index in [1.807, 2.05) is 44.2 Å². The fourth-order valence-corrected chi connectivity index (χ4v) is 3.04. The molecule has 0 atom stereocenters. The van der Waals surface area contributed by atoms with E-state index in [1.54, 1.807) is 6.21 Å². The predicted octanol–water partition coefficient (Wildman–Crippen LogP) is 5.13. The van der Waals surface area contributed by atoms with E-state index in [1.165, 1.54) is 5.56 Å². The van der Waals surface area contributed by atoms with E-state index in [2.05, 4.69) is 52.1 Å². The van der Waals surface area contributed by atoms with Crippen molar-refractivity contribution < 1.29 is 14.6 Å². The lowest BCUT2D eigenvalue weighted by atomic mass is 9.78. The largest absolute Gasteiger partial charge is 0.507 e. The van der Waals surface area contributed by atoms with Crippen molar-refractivity contribution in [2.45, 2.75) is 66.2 Å². The second-order valence-electron chi connectivity index (χ2n) is 9.79. The molecule has 0 aromatic heterocycles. The van der Waals surface area contributed by atoms with Crippen LogP contribution in [0.1, 0.15) is 69.4 Å². The summed E-state index contributed by atoms with van der Waals surface area (Å²) >= 11 is 0. The maximum atomic E-state index is 12.1. The van der Waals surface area contributed by atoms with Gasteiger partial charge in [0.25, 0.3) is 5.91 Å². The maximum absolute atomic E-state index is 12.1. The van der Waals surface area contributed by atoms with Crippen LogP contribution in [0.4, 0.5) is 0 Å². The smallest absolute Gasteiger partial charge is 0.277 e. The van der Waals surface area contributed by atoms with Crippen molar-refractivity contribution in [1.29, 1.82) is 0 Å². The normalized spacial score (nSPS) is 12.3. The quantitative estimate of drug-likeness (QED) is 0.530. The van der Waals surface area contributed by atoms with E-state index < -0.39 is 0 Å². The fourth-order valence-electron chi connectivity index (χ4n) is 3.04. The van der Waals surface area contributed by atoms with Crippen molar-refractivity contribution in [2.24, 2.45) is 5.10 Å². The lowest BCUT2D eigenvalue weighted by Gasteiger charge is -2.27. The molecule has 2 aromatic carbocycles. The van der Waals surface area contributed by atoms with E-state index in [4.69, 9.17) is 4.74 Å². The number of aryl methyl sites for hydroxylation is 2. The number of hydrogen-bond acceptors (Lipinski definition) is 4. The van der Waals surface area contributed by atoms with Crippen LogP contribution < -0.4 is 10.2 Å². The number of hydrazone groups is 1. The van der Waals surface area contributed by atoms with E-state index in [0.717, 1.165) is 22.3 Å². The van der Waals surface area contributed by atoms with Crippen molar-refractivity contribution in [2.75, 3.05) is 6.61 Å². The van der Waals surface area contributed by atoms with E-state index in [-0.39, 0.29) is 23.3 Å². The number of aromatic hydroxyl groups is 1. The minimum atomic E-state index is -0.338. The number of nitrogens with zero attached hydrogens (tertiary/aromatic N) is 1. The van der Waals surface area contributed by atoms with Gasteiger partial charge in [-0.1, -0.05) is 47.6 Å². The molecular formula is C25H34N2O3. The number of rotatable bonds is 5. The van der Waals surface area contributed by atoms with E-state index in [0.29, 0.717) is 11.5 Å². The highest BCUT2D eigenvalue weighted by Crippen LogP contribution is 2.39. The predicted molar refractivity (Wildman–Crippen MR) is 123 cm³/mol. The average molecular weight is 411 g/mol. The molecule has 0 aliphatic heterocycles. The zero-order valence-corrected chi connectivity index (χ0v) is 19.4. The van der Waals surface area contributed by atoms with Gasteiger partial charge < -0.3 is 9.84 Å². The number of carbonyl (C=O) groups excluding carboxylic acids is 1. The Hall–Kier alpha value is -2.82. The molecule has 5 heteroatoms.